The molecule has 0 saturated carbocycles. The zero-order valence-corrected chi connectivity index (χ0v) is 12.3. The van der Waals surface area contributed by atoms with Gasteiger partial charge in [0, 0.05) is 18.4 Å². The minimum atomic E-state index is 0.167. The van der Waals surface area contributed by atoms with Crippen LogP contribution in [0.25, 0.3) is 0 Å². The van der Waals surface area contributed by atoms with Gasteiger partial charge in [-0.1, -0.05) is 0 Å². The van der Waals surface area contributed by atoms with Gasteiger partial charge in [-0.2, -0.15) is 23.1 Å². The average Bonchev–Trinajstić information content (AvgIpc) is 3.02. The first kappa shape index (κ1) is 13.0. The van der Waals surface area contributed by atoms with Gasteiger partial charge in [0.15, 0.2) is 0 Å². The number of hydrogen-bond donors (Lipinski definition) is 1. The summed E-state index contributed by atoms with van der Waals surface area (Å²) in [6, 6.07) is 2.50. The van der Waals surface area contributed by atoms with Crippen molar-refractivity contribution in [3.05, 3.63) is 22.4 Å². The van der Waals surface area contributed by atoms with E-state index < -0.39 is 0 Å². The molecule has 0 radical (unpaired) electrons. The van der Waals surface area contributed by atoms with Gasteiger partial charge >= 0.3 is 0 Å². The molecule has 2 nitrogen and oxygen atoms in total. The van der Waals surface area contributed by atoms with Crippen LogP contribution < -0.4 is 5.73 Å². The van der Waals surface area contributed by atoms with Crippen LogP contribution in [0.1, 0.15) is 24.8 Å². The predicted octanol–water partition coefficient (Wildman–Crippen LogP) is 2.92. The molecule has 3 heterocycles. The van der Waals surface area contributed by atoms with E-state index in [-0.39, 0.29) is 5.60 Å². The van der Waals surface area contributed by atoms with E-state index >= 15 is 0 Å². The van der Waals surface area contributed by atoms with E-state index in [2.05, 4.69) is 16.8 Å². The number of ether oxygens (including phenoxy) is 1. The molecule has 0 aromatic carbocycles. The largest absolute Gasteiger partial charge is 0.374 e. The summed E-state index contributed by atoms with van der Waals surface area (Å²) in [5.41, 5.74) is 8.00. The molecule has 3 rings (SSSR count). The molecule has 18 heavy (non-hydrogen) atoms. The van der Waals surface area contributed by atoms with Gasteiger partial charge in [0.05, 0.1) is 5.60 Å². The molecule has 3 atom stereocenters. The lowest BCUT2D eigenvalue weighted by atomic mass is 9.80. The van der Waals surface area contributed by atoms with Crippen LogP contribution in [0.4, 0.5) is 0 Å². The normalized spacial score (nSPS) is 33.9. The van der Waals surface area contributed by atoms with Crippen molar-refractivity contribution in [2.75, 3.05) is 18.1 Å². The van der Waals surface area contributed by atoms with Gasteiger partial charge in [-0.25, -0.2) is 0 Å². The molecule has 0 bridgehead atoms. The second kappa shape index (κ2) is 5.53. The summed E-state index contributed by atoms with van der Waals surface area (Å²) in [5, 5.41) is 4.36. The summed E-state index contributed by atoms with van der Waals surface area (Å²) in [5.74, 6) is 3.07. The second-order valence-electron chi connectivity index (χ2n) is 5.59. The molecule has 2 N–H and O–H groups in total. The molecule has 0 amide bonds. The van der Waals surface area contributed by atoms with Crippen molar-refractivity contribution in [2.45, 2.75) is 37.3 Å². The van der Waals surface area contributed by atoms with Crippen molar-refractivity contribution in [3.63, 3.8) is 0 Å². The molecule has 1 aromatic heterocycles. The van der Waals surface area contributed by atoms with Gasteiger partial charge in [0.1, 0.15) is 0 Å². The SMILES string of the molecule is NC(Cc1ccsc1)C1CCOC2(CCSC2)C1. The Morgan fingerprint density at radius 1 is 1.56 bits per heavy atom. The third-order valence-electron chi connectivity index (χ3n) is 4.26. The van der Waals surface area contributed by atoms with Gasteiger partial charge in [-0.15, -0.1) is 0 Å². The standard InChI is InChI=1S/C14H21NOS2/c15-13(7-11-2-5-17-9-11)12-1-4-16-14(8-12)3-6-18-10-14/h2,5,9,12-13H,1,3-4,6-8,10,15H2. The summed E-state index contributed by atoms with van der Waals surface area (Å²) in [4.78, 5) is 0. The Balaban J connectivity index is 1.61. The van der Waals surface area contributed by atoms with Gasteiger partial charge in [-0.05, 0) is 59.7 Å². The Kier molecular flexibility index (Phi) is 3.99. The molecule has 0 aliphatic carbocycles. The maximum Gasteiger partial charge on any atom is 0.0783 e. The fraction of sp³-hybridized carbons (Fsp3) is 0.714. The zero-order valence-electron chi connectivity index (χ0n) is 10.6. The number of nitrogens with two attached hydrogens (primary N) is 1. The van der Waals surface area contributed by atoms with E-state index in [0.717, 1.165) is 19.4 Å². The van der Waals surface area contributed by atoms with Crippen molar-refractivity contribution in [1.29, 1.82) is 0 Å². The lowest BCUT2D eigenvalue weighted by molar-refractivity contribution is -0.0831. The minimum absolute atomic E-state index is 0.167. The van der Waals surface area contributed by atoms with Crippen LogP contribution in [0, 0.1) is 5.92 Å². The topological polar surface area (TPSA) is 35.2 Å². The van der Waals surface area contributed by atoms with Crippen LogP contribution in [0.5, 0.6) is 0 Å². The molecule has 1 spiro atoms. The molecule has 4 heteroatoms. The monoisotopic (exact) mass is 283 g/mol. The van der Waals surface area contributed by atoms with E-state index in [9.17, 15) is 0 Å². The smallest absolute Gasteiger partial charge is 0.0783 e. The van der Waals surface area contributed by atoms with Crippen LogP contribution >= 0.6 is 23.1 Å². The summed E-state index contributed by atoms with van der Waals surface area (Å²) >= 11 is 3.80. The maximum absolute atomic E-state index is 6.43. The highest BCUT2D eigenvalue weighted by atomic mass is 32.2. The molecule has 2 aliphatic rings. The lowest BCUT2D eigenvalue weighted by Gasteiger charge is -2.40. The zero-order chi connectivity index (χ0) is 12.4. The van der Waals surface area contributed by atoms with Gasteiger partial charge in [-0.3, -0.25) is 0 Å². The number of thiophene rings is 1. The van der Waals surface area contributed by atoms with Gasteiger partial charge in [0.2, 0.25) is 0 Å². The summed E-state index contributed by atoms with van der Waals surface area (Å²) in [6.45, 7) is 0.905. The van der Waals surface area contributed by atoms with Crippen molar-refractivity contribution in [1.82, 2.24) is 0 Å². The fourth-order valence-corrected chi connectivity index (χ4v) is 5.20. The van der Waals surface area contributed by atoms with Crippen LogP contribution in [-0.2, 0) is 11.2 Å². The molecule has 3 unspecified atom stereocenters. The third-order valence-corrected chi connectivity index (χ3v) is 6.21. The summed E-state index contributed by atoms with van der Waals surface area (Å²) < 4.78 is 6.07. The van der Waals surface area contributed by atoms with Crippen molar-refractivity contribution in [3.8, 4) is 0 Å². The number of hydrogen-bond acceptors (Lipinski definition) is 4. The molecule has 2 fully saturated rings. The third kappa shape index (κ3) is 2.77. The van der Waals surface area contributed by atoms with E-state index in [1.54, 1.807) is 11.3 Å². The molecular weight excluding hydrogens is 262 g/mol. The Bertz CT molecular complexity index is 373. The highest BCUT2D eigenvalue weighted by molar-refractivity contribution is 7.99. The Labute approximate surface area is 117 Å². The first-order valence-electron chi connectivity index (χ1n) is 6.76. The van der Waals surface area contributed by atoms with Crippen molar-refractivity contribution >= 4 is 23.1 Å². The van der Waals surface area contributed by atoms with Crippen LogP contribution in [-0.4, -0.2) is 29.8 Å². The second-order valence-corrected chi connectivity index (χ2v) is 7.47. The number of thioether (sulfide) groups is 1. The molecule has 2 saturated heterocycles. The Hall–Kier alpha value is -0.0300. The summed E-state index contributed by atoms with van der Waals surface area (Å²) in [6.07, 6.45) is 4.56. The minimum Gasteiger partial charge on any atom is -0.374 e. The molecular formula is C14H21NOS2. The van der Waals surface area contributed by atoms with Crippen LogP contribution in [0.3, 0.4) is 0 Å². The maximum atomic E-state index is 6.43. The molecule has 1 aromatic rings. The van der Waals surface area contributed by atoms with E-state index in [4.69, 9.17) is 10.5 Å². The van der Waals surface area contributed by atoms with E-state index in [0.29, 0.717) is 12.0 Å². The van der Waals surface area contributed by atoms with Crippen LogP contribution in [0.2, 0.25) is 0 Å². The first-order valence-corrected chi connectivity index (χ1v) is 8.86. The highest BCUT2D eigenvalue weighted by Gasteiger charge is 2.41. The van der Waals surface area contributed by atoms with Crippen LogP contribution in [0.15, 0.2) is 16.8 Å². The first-order chi connectivity index (χ1) is 8.77. The van der Waals surface area contributed by atoms with Gasteiger partial charge < -0.3 is 10.5 Å². The number of rotatable bonds is 3. The molecule has 2 aliphatic heterocycles. The fourth-order valence-electron chi connectivity index (χ4n) is 3.14. The van der Waals surface area contributed by atoms with E-state index in [1.165, 1.54) is 29.9 Å². The highest BCUT2D eigenvalue weighted by Crippen LogP contribution is 2.41. The Morgan fingerprint density at radius 3 is 3.22 bits per heavy atom. The van der Waals surface area contributed by atoms with Crippen molar-refractivity contribution in [2.24, 2.45) is 11.7 Å². The van der Waals surface area contributed by atoms with Crippen molar-refractivity contribution < 1.29 is 4.74 Å². The van der Waals surface area contributed by atoms with Gasteiger partial charge in [0.25, 0.3) is 0 Å². The average molecular weight is 283 g/mol. The summed E-state index contributed by atoms with van der Waals surface area (Å²) in [7, 11) is 0. The molecule has 100 valence electrons. The Morgan fingerprint density at radius 2 is 2.50 bits per heavy atom. The van der Waals surface area contributed by atoms with E-state index in [1.807, 2.05) is 11.8 Å². The quantitative estimate of drug-likeness (QED) is 0.926. The predicted molar refractivity (Wildman–Crippen MR) is 79.3 cm³/mol. The lowest BCUT2D eigenvalue weighted by Crippen LogP contribution is -2.46.